The van der Waals surface area contributed by atoms with Gasteiger partial charge in [0.05, 0.1) is 5.56 Å². The summed E-state index contributed by atoms with van der Waals surface area (Å²) in [6, 6.07) is 16.9. The lowest BCUT2D eigenvalue weighted by atomic mass is 9.76. The van der Waals surface area contributed by atoms with Crippen LogP contribution in [0, 0.1) is 0 Å². The first-order valence-electron chi connectivity index (χ1n) is 10.5. The summed E-state index contributed by atoms with van der Waals surface area (Å²) in [6.45, 7) is 6.12. The number of rotatable bonds is 5. The van der Waals surface area contributed by atoms with Gasteiger partial charge >= 0.3 is 6.18 Å². The predicted molar refractivity (Wildman–Crippen MR) is 118 cm³/mol. The summed E-state index contributed by atoms with van der Waals surface area (Å²) in [5.41, 5.74) is 2.22. The number of aromatic nitrogens is 3. The first kappa shape index (κ1) is 21.9. The molecule has 4 nitrogen and oxygen atoms in total. The van der Waals surface area contributed by atoms with E-state index in [1.165, 1.54) is 10.9 Å². The summed E-state index contributed by atoms with van der Waals surface area (Å²) in [7, 11) is 0. The number of aromatic hydroxyl groups is 1. The van der Waals surface area contributed by atoms with Crippen molar-refractivity contribution < 1.29 is 18.3 Å². The van der Waals surface area contributed by atoms with Crippen molar-refractivity contribution in [2.45, 2.75) is 45.2 Å². The number of phenolic OH excluding ortho intramolecular Hbond substituents is 1. The zero-order chi connectivity index (χ0) is 23.1. The number of alkyl halides is 3. The van der Waals surface area contributed by atoms with Crippen LogP contribution in [0.4, 0.5) is 13.2 Å². The summed E-state index contributed by atoms with van der Waals surface area (Å²) in [5, 5.41) is 19.9. The van der Waals surface area contributed by atoms with Crippen LogP contribution >= 0.6 is 0 Å². The van der Waals surface area contributed by atoms with Crippen molar-refractivity contribution in [1.82, 2.24) is 15.0 Å². The smallest absolute Gasteiger partial charge is 0.416 e. The Labute approximate surface area is 184 Å². The van der Waals surface area contributed by atoms with Crippen molar-refractivity contribution in [2.75, 3.05) is 0 Å². The quantitative estimate of drug-likeness (QED) is 0.390. The van der Waals surface area contributed by atoms with Gasteiger partial charge in [-0.1, -0.05) is 63.6 Å². The maximum Gasteiger partial charge on any atom is 0.416 e. The van der Waals surface area contributed by atoms with E-state index < -0.39 is 17.2 Å². The molecule has 0 aliphatic rings. The molecule has 1 aromatic heterocycles. The molecule has 0 spiro atoms. The maximum atomic E-state index is 13.1. The summed E-state index contributed by atoms with van der Waals surface area (Å²) in [6.07, 6.45) is -2.78. The number of fused-ring (bicyclic) bond motifs is 1. The average molecular weight is 439 g/mol. The number of nitrogens with zero attached hydrogens (tertiary/aromatic N) is 3. The van der Waals surface area contributed by atoms with Gasteiger partial charge < -0.3 is 5.11 Å². The van der Waals surface area contributed by atoms with E-state index in [-0.39, 0.29) is 11.3 Å². The van der Waals surface area contributed by atoms with Gasteiger partial charge in [0, 0.05) is 11.0 Å². The Bertz CT molecular complexity index is 1260. The van der Waals surface area contributed by atoms with Gasteiger partial charge in [0.1, 0.15) is 22.5 Å². The number of aryl methyl sites for hydroxylation is 1. The van der Waals surface area contributed by atoms with Crippen LogP contribution in [0.2, 0.25) is 0 Å². The molecule has 4 aromatic rings. The number of phenols is 1. The molecule has 0 bridgehead atoms. The zero-order valence-corrected chi connectivity index (χ0v) is 18.1. The van der Waals surface area contributed by atoms with E-state index in [4.69, 9.17) is 0 Å². The van der Waals surface area contributed by atoms with Crippen LogP contribution < -0.4 is 0 Å². The highest BCUT2D eigenvalue weighted by atomic mass is 19.4. The van der Waals surface area contributed by atoms with E-state index in [2.05, 4.69) is 17.1 Å². The molecular formula is C25H24F3N3O. The lowest BCUT2D eigenvalue weighted by Crippen LogP contribution is -2.20. The normalized spacial score (nSPS) is 12.4. The zero-order valence-electron chi connectivity index (χ0n) is 18.1. The van der Waals surface area contributed by atoms with E-state index in [1.54, 1.807) is 6.07 Å². The molecule has 0 fully saturated rings. The van der Waals surface area contributed by atoms with E-state index in [9.17, 15) is 18.3 Å². The third kappa shape index (κ3) is 3.95. The van der Waals surface area contributed by atoms with E-state index >= 15 is 0 Å². The van der Waals surface area contributed by atoms with Crippen LogP contribution in [0.15, 0.2) is 60.7 Å². The minimum absolute atomic E-state index is 0.00931. The minimum Gasteiger partial charge on any atom is -0.505 e. The van der Waals surface area contributed by atoms with Crippen molar-refractivity contribution in [3.8, 4) is 11.4 Å². The fraction of sp³-hybridized carbons (Fsp3) is 0.280. The molecule has 0 radical (unpaired) electrons. The largest absolute Gasteiger partial charge is 0.505 e. The second-order valence-electron chi connectivity index (χ2n) is 8.44. The lowest BCUT2D eigenvalue weighted by molar-refractivity contribution is -0.137. The molecule has 166 valence electrons. The van der Waals surface area contributed by atoms with Crippen LogP contribution in [0.1, 0.15) is 49.4 Å². The Morgan fingerprint density at radius 2 is 1.56 bits per heavy atom. The molecule has 0 aliphatic heterocycles. The van der Waals surface area contributed by atoms with Crippen molar-refractivity contribution in [2.24, 2.45) is 0 Å². The molecule has 0 saturated carbocycles. The SMILES string of the molecule is CCCc1cc(-n2nc3ccc(C(F)(F)F)cc3n2)c(O)c(C(C)(C)c2ccccc2)c1. The molecule has 0 amide bonds. The predicted octanol–water partition coefficient (Wildman–Crippen LogP) is 6.42. The van der Waals surface area contributed by atoms with E-state index in [1.807, 2.05) is 50.2 Å². The number of hydrogen-bond donors (Lipinski definition) is 1. The molecule has 1 heterocycles. The first-order chi connectivity index (χ1) is 15.1. The summed E-state index contributed by atoms with van der Waals surface area (Å²) < 4.78 is 39.3. The van der Waals surface area contributed by atoms with Crippen LogP contribution in [0.25, 0.3) is 16.7 Å². The van der Waals surface area contributed by atoms with Gasteiger partial charge in [-0.3, -0.25) is 0 Å². The third-order valence-electron chi connectivity index (χ3n) is 5.78. The molecule has 1 N–H and O–H groups in total. The van der Waals surface area contributed by atoms with Crippen molar-refractivity contribution in [3.63, 3.8) is 0 Å². The van der Waals surface area contributed by atoms with E-state index in [0.29, 0.717) is 16.8 Å². The highest BCUT2D eigenvalue weighted by Gasteiger charge is 2.32. The first-order valence-corrected chi connectivity index (χ1v) is 10.5. The Kier molecular flexibility index (Phi) is 5.44. The highest BCUT2D eigenvalue weighted by molar-refractivity contribution is 5.75. The Balaban J connectivity index is 1.89. The molecular weight excluding hydrogens is 415 g/mol. The van der Waals surface area contributed by atoms with Crippen molar-refractivity contribution >= 4 is 11.0 Å². The monoisotopic (exact) mass is 439 g/mol. The second-order valence-corrected chi connectivity index (χ2v) is 8.44. The summed E-state index contributed by atoms with van der Waals surface area (Å²) >= 11 is 0. The fourth-order valence-corrected chi connectivity index (χ4v) is 3.95. The number of benzene rings is 3. The molecule has 32 heavy (non-hydrogen) atoms. The summed E-state index contributed by atoms with van der Waals surface area (Å²) in [5.74, 6) is 0.00931. The van der Waals surface area contributed by atoms with Crippen molar-refractivity contribution in [3.05, 3.63) is 82.9 Å². The molecule has 4 rings (SSSR count). The molecule has 3 aromatic carbocycles. The number of halogens is 3. The summed E-state index contributed by atoms with van der Waals surface area (Å²) in [4.78, 5) is 1.23. The molecule has 0 aliphatic carbocycles. The third-order valence-corrected chi connectivity index (χ3v) is 5.78. The van der Waals surface area contributed by atoms with Gasteiger partial charge in [-0.05, 0) is 41.8 Å². The Morgan fingerprint density at radius 1 is 0.875 bits per heavy atom. The van der Waals surface area contributed by atoms with Gasteiger partial charge in [0.15, 0.2) is 0 Å². The van der Waals surface area contributed by atoms with Crippen LogP contribution in [-0.2, 0) is 18.0 Å². The maximum absolute atomic E-state index is 13.1. The molecule has 0 unspecified atom stereocenters. The van der Waals surface area contributed by atoms with Gasteiger partial charge in [-0.25, -0.2) is 0 Å². The highest BCUT2D eigenvalue weighted by Crippen LogP contribution is 2.41. The molecule has 0 saturated heterocycles. The van der Waals surface area contributed by atoms with Crippen LogP contribution in [0.3, 0.4) is 0 Å². The minimum atomic E-state index is -4.46. The van der Waals surface area contributed by atoms with Gasteiger partial charge in [-0.15, -0.1) is 15.0 Å². The van der Waals surface area contributed by atoms with Crippen LogP contribution in [-0.4, -0.2) is 20.1 Å². The van der Waals surface area contributed by atoms with Crippen LogP contribution in [0.5, 0.6) is 5.75 Å². The number of hydrogen-bond acceptors (Lipinski definition) is 3. The Hall–Kier alpha value is -3.35. The van der Waals surface area contributed by atoms with Gasteiger partial charge in [0.2, 0.25) is 0 Å². The van der Waals surface area contributed by atoms with Crippen molar-refractivity contribution in [1.29, 1.82) is 0 Å². The fourth-order valence-electron chi connectivity index (χ4n) is 3.95. The molecule has 7 heteroatoms. The average Bonchev–Trinajstić information content (AvgIpc) is 3.18. The molecule has 0 atom stereocenters. The van der Waals surface area contributed by atoms with E-state index in [0.717, 1.165) is 36.1 Å². The van der Waals surface area contributed by atoms with Gasteiger partial charge in [-0.2, -0.15) is 13.2 Å². The van der Waals surface area contributed by atoms with Gasteiger partial charge in [0.25, 0.3) is 0 Å². The standard InChI is InChI=1S/C25H24F3N3O/c1-4-8-16-13-19(24(2,3)17-9-6-5-7-10-17)23(32)22(14-16)31-29-20-12-11-18(25(26,27)28)15-21(20)30-31/h5-7,9-15,32H,4,8H2,1-3H3. The topological polar surface area (TPSA) is 50.9 Å². The lowest BCUT2D eigenvalue weighted by Gasteiger charge is -2.28. The Morgan fingerprint density at radius 3 is 2.22 bits per heavy atom. The second kappa shape index (κ2) is 7.97.